The maximum Gasteiger partial charge on any atom is 0.264 e. The highest BCUT2D eigenvalue weighted by Gasteiger charge is 2.48. The molecule has 0 unspecified atom stereocenters. The Hall–Kier alpha value is -12.2. The Labute approximate surface area is 641 Å². The van der Waals surface area contributed by atoms with E-state index in [0.29, 0.717) is 16.8 Å². The third kappa shape index (κ3) is 10.5. The molecule has 0 saturated heterocycles. The van der Waals surface area contributed by atoms with Crippen molar-refractivity contribution in [2.45, 2.75) is 78.6 Å². The molecule has 4 heterocycles. The van der Waals surface area contributed by atoms with Gasteiger partial charge in [-0.2, -0.15) is 0 Å². The fourth-order valence-corrected chi connectivity index (χ4v) is 18.7. The van der Waals surface area contributed by atoms with Crippen molar-refractivity contribution in [3.05, 3.63) is 344 Å². The van der Waals surface area contributed by atoms with Crippen LogP contribution in [0.2, 0.25) is 0 Å². The molecule has 4 nitrogen and oxygen atoms in total. The summed E-state index contributed by atoms with van der Waals surface area (Å²) in [5.41, 5.74) is 23.0. The lowest BCUT2D eigenvalue weighted by atomic mass is 9.36. The van der Waals surface area contributed by atoms with Crippen LogP contribution in [0.1, 0.15) is 83.1 Å². The molecule has 0 aliphatic carbocycles. The molecular weight excluding hydrogens is 1320 g/mol. The van der Waals surface area contributed by atoms with E-state index in [-0.39, 0.29) is 29.0 Å². The molecule has 0 amide bonds. The van der Waals surface area contributed by atoms with Gasteiger partial charge in [-0.3, -0.25) is 0 Å². The van der Waals surface area contributed by atoms with Crippen LogP contribution in [-0.2, 0) is 16.2 Å². The maximum atomic E-state index is 11.8. The minimum Gasteiger partial charge on any atom is -0.310 e. The Morgan fingerprint density at radius 2 is 0.769 bits per heavy atom. The molecule has 16 aromatic carbocycles. The van der Waals surface area contributed by atoms with Crippen LogP contribution in [0.4, 0.5) is 51.2 Å². The van der Waals surface area contributed by atoms with Crippen molar-refractivity contribution in [2.75, 3.05) is 14.7 Å². The number of anilines is 9. The number of aromatic nitrogens is 1. The summed E-state index contributed by atoms with van der Waals surface area (Å²) in [6, 6.07) is 113. The molecule has 0 atom stereocenters. The summed E-state index contributed by atoms with van der Waals surface area (Å²) in [7, 11) is 0. The first-order valence-electron chi connectivity index (χ1n) is 39.3. The minimum absolute atomic E-state index is 0.00831. The smallest absolute Gasteiger partial charge is 0.264 e. The van der Waals surface area contributed by atoms with Crippen LogP contribution in [0.3, 0.4) is 0 Å². The Morgan fingerprint density at radius 3 is 1.26 bits per heavy atom. The molecule has 2 aliphatic rings. The van der Waals surface area contributed by atoms with Crippen molar-refractivity contribution >= 4 is 149 Å². The largest absolute Gasteiger partial charge is 0.310 e. The first kappa shape index (κ1) is 62.0. The molecule has 0 spiro atoms. The molecule has 2 aliphatic heterocycles. The van der Waals surface area contributed by atoms with Gasteiger partial charge in [0, 0.05) is 87.7 Å². The Morgan fingerprint density at radius 1 is 0.343 bits per heavy atom. The van der Waals surface area contributed by atoms with Gasteiger partial charge < -0.3 is 19.3 Å². The lowest BCUT2D eigenvalue weighted by Gasteiger charge is -2.46. The summed E-state index contributed by atoms with van der Waals surface area (Å²) in [5.74, 6) is 0. The Bertz CT molecular complexity index is 6570. The second-order valence-electron chi connectivity index (χ2n) is 32.6. The van der Waals surface area contributed by atoms with Crippen LogP contribution in [0.15, 0.2) is 328 Å². The number of para-hydroxylation sites is 3. The highest BCUT2D eigenvalue weighted by atomic mass is 32.1. The average Bonchev–Trinajstić information content (AvgIpc) is 1.67. The zero-order valence-corrected chi connectivity index (χ0v) is 63.0. The molecule has 0 N–H and O–H groups in total. The van der Waals surface area contributed by atoms with Crippen molar-refractivity contribution in [1.29, 1.82) is 0 Å². The number of fused-ring (bicyclic) bond motifs is 9. The van der Waals surface area contributed by atoms with E-state index in [1.807, 2.05) is 12.1 Å². The molecule has 0 radical (unpaired) electrons. The van der Waals surface area contributed by atoms with Crippen molar-refractivity contribution < 1.29 is 4.11 Å². The van der Waals surface area contributed by atoms with E-state index in [9.17, 15) is 4.11 Å². The lowest BCUT2D eigenvalue weighted by molar-refractivity contribution is 0.590. The molecular formula is C102H81BN4S. The number of thiophene rings is 1. The summed E-state index contributed by atoms with van der Waals surface area (Å²) in [4.78, 5) is 7.49. The Balaban J connectivity index is 0.970. The van der Waals surface area contributed by atoms with Gasteiger partial charge in [-0.1, -0.05) is 287 Å². The first-order chi connectivity index (χ1) is 53.7. The summed E-state index contributed by atoms with van der Waals surface area (Å²) < 4.78 is 38.5. The van der Waals surface area contributed by atoms with Gasteiger partial charge >= 0.3 is 0 Å². The second kappa shape index (κ2) is 24.7. The van der Waals surface area contributed by atoms with Gasteiger partial charge in [0.1, 0.15) is 0 Å². The number of nitrogens with zero attached hydrogens (tertiary/aromatic N) is 4. The normalized spacial score (nSPS) is 13.4. The van der Waals surface area contributed by atoms with Gasteiger partial charge in [0.05, 0.1) is 32.2 Å². The van der Waals surface area contributed by atoms with Crippen LogP contribution in [0, 0.1) is 0 Å². The first-order valence-corrected chi connectivity index (χ1v) is 38.7. The van der Waals surface area contributed by atoms with E-state index in [0.717, 1.165) is 143 Å². The molecule has 6 heteroatoms. The molecule has 518 valence electrons. The van der Waals surface area contributed by atoms with Crippen molar-refractivity contribution in [3.8, 4) is 50.2 Å². The van der Waals surface area contributed by atoms with Gasteiger partial charge in [0.2, 0.25) is 0 Å². The van der Waals surface area contributed by atoms with Gasteiger partial charge in [-0.05, 0) is 202 Å². The van der Waals surface area contributed by atoms with Gasteiger partial charge in [-0.15, -0.1) is 11.3 Å². The standard InChI is InChI=1S/C102H81BN4S/c1-100(2,3)72-56-82(64-30-15-10-16-31-64)96(83(57-72)65-32-17-11-18-33-65)106-89-62-76(105-87-44-27-25-42-79(87)80-43-26-28-45-88(80)105)51-53-86(89)103-95-90(106)60-74(102(7,8)9)61-91(95)107(97-84(66-34-19-12-20-35-66)58-73(101(4,5)6)59-85(97)67-36-21-13-22-37-67)98-81-52-50-77(63-92(81)108-99(98)103)104(75-40-23-14-24-41-75)78-54-70-48-46-68-38-29-39-69-47-49-71(55-78)94(70)93(68)69/h10-63H,1-9H3/i51D,53D,62D. The van der Waals surface area contributed by atoms with E-state index in [4.69, 9.17) is 0 Å². The highest BCUT2D eigenvalue weighted by Crippen LogP contribution is 2.58. The van der Waals surface area contributed by atoms with Crippen LogP contribution < -0.4 is 30.4 Å². The second-order valence-corrected chi connectivity index (χ2v) is 33.7. The molecule has 0 fully saturated rings. The quantitative estimate of drug-likeness (QED) is 0.100. The van der Waals surface area contributed by atoms with Crippen LogP contribution in [-0.4, -0.2) is 11.3 Å². The predicted octanol–water partition coefficient (Wildman–Crippen LogP) is 27.0. The van der Waals surface area contributed by atoms with E-state index in [1.165, 1.54) is 37.9 Å². The van der Waals surface area contributed by atoms with E-state index < -0.39 is 12.1 Å². The van der Waals surface area contributed by atoms with Crippen LogP contribution in [0.25, 0.3) is 114 Å². The summed E-state index contributed by atoms with van der Waals surface area (Å²) in [6.07, 6.45) is 0. The molecule has 0 saturated carbocycles. The van der Waals surface area contributed by atoms with Crippen molar-refractivity contribution in [3.63, 3.8) is 0 Å². The average molecular weight is 1410 g/mol. The van der Waals surface area contributed by atoms with E-state index in [2.05, 4.69) is 379 Å². The van der Waals surface area contributed by atoms with Gasteiger partial charge in [-0.25, -0.2) is 0 Å². The minimum atomic E-state index is -0.677. The summed E-state index contributed by atoms with van der Waals surface area (Å²) in [6.45, 7) is 20.2. The zero-order valence-electron chi connectivity index (χ0n) is 65.2. The molecule has 18 aromatic rings. The number of rotatable bonds is 10. The van der Waals surface area contributed by atoms with Crippen molar-refractivity contribution in [1.82, 2.24) is 4.57 Å². The highest BCUT2D eigenvalue weighted by molar-refractivity contribution is 7.33. The number of benzene rings is 16. The third-order valence-corrected chi connectivity index (χ3v) is 24.0. The lowest BCUT2D eigenvalue weighted by Crippen LogP contribution is -2.60. The van der Waals surface area contributed by atoms with Crippen LogP contribution in [0.5, 0.6) is 0 Å². The third-order valence-electron chi connectivity index (χ3n) is 22.8. The monoisotopic (exact) mass is 1410 g/mol. The molecule has 2 aromatic heterocycles. The van der Waals surface area contributed by atoms with Crippen LogP contribution >= 0.6 is 11.3 Å². The van der Waals surface area contributed by atoms with Gasteiger partial charge in [0.25, 0.3) is 6.71 Å². The fraction of sp³-hybridized carbons (Fsp3) is 0.118. The number of hydrogen-bond donors (Lipinski definition) is 0. The van der Waals surface area contributed by atoms with Crippen molar-refractivity contribution in [2.24, 2.45) is 0 Å². The zero-order chi connectivity index (χ0) is 75.7. The molecule has 108 heavy (non-hydrogen) atoms. The molecule has 0 bridgehead atoms. The molecule has 20 rings (SSSR count). The Kier molecular flexibility index (Phi) is 14.2. The van der Waals surface area contributed by atoms with E-state index in [1.54, 1.807) is 11.3 Å². The summed E-state index contributed by atoms with van der Waals surface area (Å²) >= 11 is 1.78. The topological polar surface area (TPSA) is 14.7 Å². The SMILES string of the molecule is [2H]c1c([2H])c(-n2c3ccccc3c3ccccc32)c([2H])c2c1B1c3sc4cc(N(c5ccccc5)c5cc6ccc7cccc8ccc(c5)c6c78)ccc4c3N(c3c(-c4ccccc4)cc(C(C)(C)C)cc3-c3ccccc3)c3cc(C(C)(C)C)cc(c31)N2c1c(-c2ccccc2)cc(C(C)(C)C)cc1-c1ccccc1. The maximum absolute atomic E-state index is 11.8. The number of hydrogen-bond acceptors (Lipinski definition) is 4. The fourth-order valence-electron chi connectivity index (χ4n) is 17.4. The summed E-state index contributed by atoms with van der Waals surface area (Å²) in [5, 5.41) is 10.5. The van der Waals surface area contributed by atoms with Gasteiger partial charge in [0.15, 0.2) is 0 Å². The van der Waals surface area contributed by atoms with E-state index >= 15 is 0 Å². The predicted molar refractivity (Wildman–Crippen MR) is 466 cm³/mol.